The van der Waals surface area contributed by atoms with Gasteiger partial charge in [0, 0.05) is 6.04 Å². The van der Waals surface area contributed by atoms with Crippen LogP contribution in [0, 0.1) is 0 Å². The first-order chi connectivity index (χ1) is 14.1. The number of hydrazine groups is 1. The molecule has 2 aromatic carbocycles. The second-order valence-electron chi connectivity index (χ2n) is 7.45. The van der Waals surface area contributed by atoms with E-state index < -0.39 is 0 Å². The van der Waals surface area contributed by atoms with Gasteiger partial charge in [0.25, 0.3) is 0 Å². The van der Waals surface area contributed by atoms with Crippen molar-refractivity contribution < 1.29 is 14.0 Å². The Kier molecular flexibility index (Phi) is 5.51. The summed E-state index contributed by atoms with van der Waals surface area (Å²) in [6, 6.07) is 14.4. The van der Waals surface area contributed by atoms with Gasteiger partial charge in [0.1, 0.15) is 6.04 Å². The van der Waals surface area contributed by atoms with Gasteiger partial charge in [0.15, 0.2) is 11.5 Å². The first-order valence-electron chi connectivity index (χ1n) is 9.76. The van der Waals surface area contributed by atoms with Gasteiger partial charge in [-0.3, -0.25) is 0 Å². The van der Waals surface area contributed by atoms with Crippen molar-refractivity contribution in [2.24, 2.45) is 0 Å². The predicted octanol–water partition coefficient (Wildman–Crippen LogP) is 4.16. The summed E-state index contributed by atoms with van der Waals surface area (Å²) in [4.78, 5) is 4.60. The minimum absolute atomic E-state index is 0.0670. The van der Waals surface area contributed by atoms with E-state index >= 15 is 0 Å². The van der Waals surface area contributed by atoms with Crippen molar-refractivity contribution in [2.45, 2.75) is 38.3 Å². The molecule has 0 spiro atoms. The van der Waals surface area contributed by atoms with E-state index in [9.17, 15) is 0 Å². The van der Waals surface area contributed by atoms with E-state index in [1.807, 2.05) is 18.2 Å². The molecule has 2 atom stereocenters. The molecule has 0 amide bonds. The topological polar surface area (TPSA) is 81.4 Å². The predicted molar refractivity (Wildman–Crippen MR) is 110 cm³/mol. The second kappa shape index (κ2) is 8.23. The van der Waals surface area contributed by atoms with E-state index in [4.69, 9.17) is 14.0 Å². The largest absolute Gasteiger partial charge is 0.493 e. The number of aromatic nitrogens is 2. The van der Waals surface area contributed by atoms with Crippen molar-refractivity contribution in [1.82, 2.24) is 21.0 Å². The summed E-state index contributed by atoms with van der Waals surface area (Å²) >= 11 is 0. The monoisotopic (exact) mass is 394 g/mol. The molecular weight excluding hydrogens is 368 g/mol. The second-order valence-corrected chi connectivity index (χ2v) is 7.45. The third-order valence-corrected chi connectivity index (χ3v) is 5.29. The van der Waals surface area contributed by atoms with E-state index in [2.05, 4.69) is 59.1 Å². The van der Waals surface area contributed by atoms with Crippen LogP contribution in [0.2, 0.25) is 0 Å². The molecule has 2 N–H and O–H groups in total. The summed E-state index contributed by atoms with van der Waals surface area (Å²) in [5.41, 5.74) is 9.91. The molecule has 1 aromatic heterocycles. The van der Waals surface area contributed by atoms with Crippen LogP contribution < -0.4 is 20.3 Å². The summed E-state index contributed by atoms with van der Waals surface area (Å²) in [5.74, 6) is 2.75. The molecule has 2 unspecified atom stereocenters. The van der Waals surface area contributed by atoms with Crippen LogP contribution >= 0.6 is 0 Å². The standard InChI is InChI=1S/C22H26N4O3/c1-13(2)14-8-10-15(11-9-14)17-12-18(25-24-17)22-23-21(26-29-22)16-6-5-7-19(27-3)20(16)28-4/h5-11,13,17-18,24-25H,12H2,1-4H3. The number of nitrogens with zero attached hydrogens (tertiary/aromatic N) is 2. The highest BCUT2D eigenvalue weighted by molar-refractivity contribution is 5.68. The summed E-state index contributed by atoms with van der Waals surface area (Å²) in [7, 11) is 3.20. The van der Waals surface area contributed by atoms with Crippen molar-refractivity contribution in [2.75, 3.05) is 14.2 Å². The molecule has 2 heterocycles. The Hall–Kier alpha value is -2.90. The molecule has 3 aromatic rings. The fourth-order valence-electron chi connectivity index (χ4n) is 3.60. The Bertz CT molecular complexity index is 968. The molecule has 0 aliphatic carbocycles. The first-order valence-corrected chi connectivity index (χ1v) is 9.76. The van der Waals surface area contributed by atoms with Crippen molar-refractivity contribution in [3.05, 3.63) is 59.5 Å². The fourth-order valence-corrected chi connectivity index (χ4v) is 3.60. The fraction of sp³-hybridized carbons (Fsp3) is 0.364. The minimum Gasteiger partial charge on any atom is -0.493 e. The van der Waals surface area contributed by atoms with Crippen LogP contribution in [0.1, 0.15) is 55.3 Å². The van der Waals surface area contributed by atoms with Crippen LogP contribution in [-0.4, -0.2) is 24.4 Å². The maximum Gasteiger partial charge on any atom is 0.245 e. The number of methoxy groups -OCH3 is 2. The molecule has 0 bridgehead atoms. The lowest BCUT2D eigenvalue weighted by Gasteiger charge is -2.11. The van der Waals surface area contributed by atoms with Crippen molar-refractivity contribution >= 4 is 0 Å². The van der Waals surface area contributed by atoms with Gasteiger partial charge < -0.3 is 14.0 Å². The average molecular weight is 394 g/mol. The lowest BCUT2D eigenvalue weighted by molar-refractivity contribution is 0.339. The molecule has 0 radical (unpaired) electrons. The average Bonchev–Trinajstić information content (AvgIpc) is 3.42. The van der Waals surface area contributed by atoms with Crippen molar-refractivity contribution in [3.63, 3.8) is 0 Å². The smallest absolute Gasteiger partial charge is 0.245 e. The number of hydrogen-bond acceptors (Lipinski definition) is 7. The van der Waals surface area contributed by atoms with Crippen LogP contribution in [0.3, 0.4) is 0 Å². The Morgan fingerprint density at radius 1 is 1.00 bits per heavy atom. The highest BCUT2D eigenvalue weighted by atomic mass is 16.5. The lowest BCUT2D eigenvalue weighted by Crippen LogP contribution is -2.26. The van der Waals surface area contributed by atoms with E-state index in [0.29, 0.717) is 29.1 Å². The molecule has 1 fully saturated rings. The van der Waals surface area contributed by atoms with Gasteiger partial charge in [-0.15, -0.1) is 0 Å². The number of hydrogen-bond donors (Lipinski definition) is 2. The zero-order valence-corrected chi connectivity index (χ0v) is 17.1. The van der Waals surface area contributed by atoms with Crippen LogP contribution in [-0.2, 0) is 0 Å². The molecule has 29 heavy (non-hydrogen) atoms. The van der Waals surface area contributed by atoms with E-state index in [1.165, 1.54) is 11.1 Å². The van der Waals surface area contributed by atoms with E-state index in [1.54, 1.807) is 14.2 Å². The molecule has 1 saturated heterocycles. The molecule has 1 aliphatic heterocycles. The zero-order valence-electron chi connectivity index (χ0n) is 17.1. The highest BCUT2D eigenvalue weighted by Gasteiger charge is 2.30. The lowest BCUT2D eigenvalue weighted by atomic mass is 9.97. The van der Waals surface area contributed by atoms with Crippen molar-refractivity contribution in [3.8, 4) is 22.9 Å². The summed E-state index contributed by atoms with van der Waals surface area (Å²) in [5, 5.41) is 4.15. The maximum absolute atomic E-state index is 5.55. The SMILES string of the molecule is COc1cccc(-c2noc(C3CC(c4ccc(C(C)C)cc4)NN3)n2)c1OC. The summed E-state index contributed by atoms with van der Waals surface area (Å²) < 4.78 is 16.4. The van der Waals surface area contributed by atoms with Gasteiger partial charge in [-0.2, -0.15) is 4.98 Å². The van der Waals surface area contributed by atoms with Gasteiger partial charge in [-0.05, 0) is 35.6 Å². The number of rotatable bonds is 6. The molecule has 4 rings (SSSR count). The third kappa shape index (κ3) is 3.83. The maximum atomic E-state index is 5.55. The van der Waals surface area contributed by atoms with Gasteiger partial charge in [0.05, 0.1) is 19.8 Å². The molecule has 1 aliphatic rings. The van der Waals surface area contributed by atoms with E-state index in [0.717, 1.165) is 12.0 Å². The number of para-hydroxylation sites is 1. The van der Waals surface area contributed by atoms with Crippen LogP contribution in [0.4, 0.5) is 0 Å². The minimum atomic E-state index is -0.0670. The molecule has 0 saturated carbocycles. The zero-order chi connectivity index (χ0) is 20.4. The first kappa shape index (κ1) is 19.4. The molecule has 7 heteroatoms. The van der Waals surface area contributed by atoms with Gasteiger partial charge in [-0.25, -0.2) is 10.9 Å². The summed E-state index contributed by atoms with van der Waals surface area (Å²) in [6.07, 6.45) is 0.817. The Labute approximate surface area is 170 Å². The normalized spacial score (nSPS) is 18.9. The van der Waals surface area contributed by atoms with Crippen molar-refractivity contribution in [1.29, 1.82) is 0 Å². The number of ether oxygens (including phenoxy) is 2. The van der Waals surface area contributed by atoms with Crippen LogP contribution in [0.5, 0.6) is 11.5 Å². The van der Waals surface area contributed by atoms with Gasteiger partial charge in [-0.1, -0.05) is 49.3 Å². The van der Waals surface area contributed by atoms with Gasteiger partial charge >= 0.3 is 0 Å². The molecular formula is C22H26N4O3. The third-order valence-electron chi connectivity index (χ3n) is 5.29. The Balaban J connectivity index is 1.51. The number of nitrogens with one attached hydrogen (secondary N) is 2. The summed E-state index contributed by atoms with van der Waals surface area (Å²) in [6.45, 7) is 4.40. The Morgan fingerprint density at radius 3 is 2.45 bits per heavy atom. The molecule has 152 valence electrons. The quantitative estimate of drug-likeness (QED) is 0.650. The molecule has 7 nitrogen and oxygen atoms in total. The highest BCUT2D eigenvalue weighted by Crippen LogP contribution is 2.37. The van der Waals surface area contributed by atoms with Crippen LogP contribution in [0.15, 0.2) is 47.0 Å². The number of benzene rings is 2. The van der Waals surface area contributed by atoms with E-state index in [-0.39, 0.29) is 12.1 Å². The Morgan fingerprint density at radius 2 is 1.76 bits per heavy atom. The van der Waals surface area contributed by atoms with Gasteiger partial charge in [0.2, 0.25) is 11.7 Å². The van der Waals surface area contributed by atoms with Crippen LogP contribution in [0.25, 0.3) is 11.4 Å².